The zero-order valence-corrected chi connectivity index (χ0v) is 11.1. The van der Waals surface area contributed by atoms with Gasteiger partial charge in [-0.05, 0) is 42.4 Å². The Morgan fingerprint density at radius 3 is 2.62 bits per heavy atom. The second-order valence-electron chi connectivity index (χ2n) is 6.83. The summed E-state index contributed by atoms with van der Waals surface area (Å²) in [6.45, 7) is 11.7. The van der Waals surface area contributed by atoms with Gasteiger partial charge in [-0.15, -0.1) is 0 Å². The maximum absolute atomic E-state index is 9.67. The normalized spacial score (nSPS) is 42.9. The molecule has 92 valence electrons. The smallest absolute Gasteiger partial charge is 0.0501 e. The largest absolute Gasteiger partial charge is 0.396 e. The highest BCUT2D eigenvalue weighted by Crippen LogP contribution is 2.60. The molecule has 2 aliphatic rings. The van der Waals surface area contributed by atoms with Crippen LogP contribution in [-0.2, 0) is 0 Å². The molecule has 0 bridgehead atoms. The van der Waals surface area contributed by atoms with Crippen molar-refractivity contribution in [3.05, 3.63) is 12.2 Å². The van der Waals surface area contributed by atoms with Gasteiger partial charge in [0.05, 0.1) is 6.61 Å². The van der Waals surface area contributed by atoms with E-state index in [1.807, 2.05) is 0 Å². The first-order valence-electron chi connectivity index (χ1n) is 6.70. The lowest BCUT2D eigenvalue weighted by Gasteiger charge is -2.57. The molecular weight excluding hydrogens is 196 g/mol. The number of rotatable bonds is 1. The van der Waals surface area contributed by atoms with Crippen LogP contribution in [0, 0.1) is 22.7 Å². The zero-order chi connectivity index (χ0) is 12.0. The number of hydrogen-bond donors (Lipinski definition) is 1. The van der Waals surface area contributed by atoms with E-state index in [-0.39, 0.29) is 0 Å². The third-order valence-corrected chi connectivity index (χ3v) is 5.50. The third-order valence-electron chi connectivity index (χ3n) is 5.50. The average molecular weight is 222 g/mol. The number of aliphatic hydroxyl groups excluding tert-OH is 1. The van der Waals surface area contributed by atoms with Crippen molar-refractivity contribution in [2.45, 2.75) is 52.9 Å². The molecule has 0 aromatic carbocycles. The summed E-state index contributed by atoms with van der Waals surface area (Å²) in [6.07, 6.45) is 6.32. The van der Waals surface area contributed by atoms with Crippen molar-refractivity contribution in [1.82, 2.24) is 0 Å². The van der Waals surface area contributed by atoms with Crippen LogP contribution in [0.15, 0.2) is 12.2 Å². The highest BCUT2D eigenvalue weighted by Gasteiger charge is 2.52. The fraction of sp³-hybridized carbons (Fsp3) is 0.867. The van der Waals surface area contributed by atoms with Gasteiger partial charge in [0.25, 0.3) is 0 Å². The van der Waals surface area contributed by atoms with Gasteiger partial charge in [0, 0.05) is 5.92 Å². The van der Waals surface area contributed by atoms with E-state index in [2.05, 4.69) is 27.4 Å². The minimum atomic E-state index is 0.294. The minimum Gasteiger partial charge on any atom is -0.396 e. The van der Waals surface area contributed by atoms with Gasteiger partial charge < -0.3 is 5.11 Å². The SMILES string of the molecule is C=C1CC[C@H]2C(C)(C)CCC[C@@]2(C)[C@H]1CO. The van der Waals surface area contributed by atoms with Gasteiger partial charge in [0.2, 0.25) is 0 Å². The summed E-state index contributed by atoms with van der Waals surface area (Å²) in [5, 5.41) is 9.67. The molecule has 3 atom stereocenters. The van der Waals surface area contributed by atoms with Crippen molar-refractivity contribution in [2.75, 3.05) is 6.61 Å². The van der Waals surface area contributed by atoms with Crippen molar-refractivity contribution in [2.24, 2.45) is 22.7 Å². The lowest BCUT2D eigenvalue weighted by molar-refractivity contribution is -0.0651. The standard InChI is InChI=1S/C15H26O/c1-11-6-7-13-14(2,3)8-5-9-15(13,4)12(11)10-16/h12-13,16H,1,5-10H2,2-4H3/t12-,13-,15-/m0/s1. The minimum absolute atomic E-state index is 0.294. The zero-order valence-electron chi connectivity index (χ0n) is 11.1. The Kier molecular flexibility index (Phi) is 2.94. The second-order valence-corrected chi connectivity index (χ2v) is 6.83. The van der Waals surface area contributed by atoms with Crippen LogP contribution in [-0.4, -0.2) is 11.7 Å². The summed E-state index contributed by atoms with van der Waals surface area (Å²) in [5.74, 6) is 1.10. The van der Waals surface area contributed by atoms with Crippen LogP contribution < -0.4 is 0 Å². The molecule has 0 heterocycles. The average Bonchev–Trinajstić information content (AvgIpc) is 2.15. The monoisotopic (exact) mass is 222 g/mol. The van der Waals surface area contributed by atoms with Crippen LogP contribution in [0.4, 0.5) is 0 Å². The van der Waals surface area contributed by atoms with Crippen molar-refractivity contribution < 1.29 is 5.11 Å². The van der Waals surface area contributed by atoms with E-state index in [1.54, 1.807) is 0 Å². The Morgan fingerprint density at radius 2 is 2.00 bits per heavy atom. The van der Waals surface area contributed by atoms with Gasteiger partial charge in [0.1, 0.15) is 0 Å². The molecule has 0 spiro atoms. The molecule has 0 saturated heterocycles. The topological polar surface area (TPSA) is 20.2 Å². The Balaban J connectivity index is 2.34. The molecule has 2 fully saturated rings. The van der Waals surface area contributed by atoms with Gasteiger partial charge in [-0.3, -0.25) is 0 Å². The van der Waals surface area contributed by atoms with Crippen LogP contribution >= 0.6 is 0 Å². The van der Waals surface area contributed by atoms with E-state index in [4.69, 9.17) is 0 Å². The van der Waals surface area contributed by atoms with E-state index in [9.17, 15) is 5.11 Å². The Hall–Kier alpha value is -0.300. The van der Waals surface area contributed by atoms with Gasteiger partial charge >= 0.3 is 0 Å². The van der Waals surface area contributed by atoms with E-state index in [0.717, 1.165) is 12.3 Å². The van der Waals surface area contributed by atoms with E-state index in [0.29, 0.717) is 23.4 Å². The molecule has 1 N–H and O–H groups in total. The van der Waals surface area contributed by atoms with Gasteiger partial charge in [-0.1, -0.05) is 39.3 Å². The molecular formula is C15H26O. The summed E-state index contributed by atoms with van der Waals surface area (Å²) in [4.78, 5) is 0. The van der Waals surface area contributed by atoms with Crippen molar-refractivity contribution in [3.63, 3.8) is 0 Å². The first-order valence-corrected chi connectivity index (χ1v) is 6.70. The maximum Gasteiger partial charge on any atom is 0.0501 e. The molecule has 0 amide bonds. The Labute approximate surface area is 99.9 Å². The van der Waals surface area contributed by atoms with Crippen molar-refractivity contribution in [1.29, 1.82) is 0 Å². The molecule has 2 aliphatic carbocycles. The number of hydrogen-bond acceptors (Lipinski definition) is 1. The summed E-state index contributed by atoms with van der Waals surface area (Å²) < 4.78 is 0. The van der Waals surface area contributed by atoms with E-state index in [1.165, 1.54) is 31.3 Å². The van der Waals surface area contributed by atoms with Crippen LogP contribution in [0.25, 0.3) is 0 Å². The number of fused-ring (bicyclic) bond motifs is 1. The van der Waals surface area contributed by atoms with Crippen LogP contribution in [0.3, 0.4) is 0 Å². The summed E-state index contributed by atoms with van der Waals surface area (Å²) in [7, 11) is 0. The molecule has 0 aromatic rings. The second kappa shape index (κ2) is 3.87. The van der Waals surface area contributed by atoms with Crippen molar-refractivity contribution in [3.8, 4) is 0 Å². The predicted molar refractivity (Wildman–Crippen MR) is 68.2 cm³/mol. The Bertz CT molecular complexity index is 292. The first-order chi connectivity index (χ1) is 7.42. The van der Waals surface area contributed by atoms with Gasteiger partial charge in [0.15, 0.2) is 0 Å². The molecule has 2 rings (SSSR count). The highest BCUT2D eigenvalue weighted by atomic mass is 16.3. The number of aliphatic hydroxyl groups is 1. The molecule has 0 unspecified atom stereocenters. The third kappa shape index (κ3) is 1.64. The molecule has 0 aromatic heterocycles. The predicted octanol–water partition coefficient (Wildman–Crippen LogP) is 3.78. The first kappa shape index (κ1) is 12.2. The van der Waals surface area contributed by atoms with Crippen LogP contribution in [0.5, 0.6) is 0 Å². The highest BCUT2D eigenvalue weighted by molar-refractivity contribution is 5.15. The van der Waals surface area contributed by atoms with E-state index >= 15 is 0 Å². The van der Waals surface area contributed by atoms with Crippen LogP contribution in [0.1, 0.15) is 52.9 Å². The molecule has 2 saturated carbocycles. The quantitative estimate of drug-likeness (QED) is 0.669. The molecule has 16 heavy (non-hydrogen) atoms. The van der Waals surface area contributed by atoms with E-state index < -0.39 is 0 Å². The fourth-order valence-corrected chi connectivity index (χ4v) is 4.61. The lowest BCUT2D eigenvalue weighted by Crippen LogP contribution is -2.50. The van der Waals surface area contributed by atoms with Crippen LogP contribution in [0.2, 0.25) is 0 Å². The molecule has 0 radical (unpaired) electrons. The lowest BCUT2D eigenvalue weighted by atomic mass is 9.48. The van der Waals surface area contributed by atoms with Gasteiger partial charge in [-0.2, -0.15) is 0 Å². The van der Waals surface area contributed by atoms with Crippen molar-refractivity contribution >= 4 is 0 Å². The summed E-state index contributed by atoms with van der Waals surface area (Å²) in [6, 6.07) is 0. The van der Waals surface area contributed by atoms with Gasteiger partial charge in [-0.25, -0.2) is 0 Å². The molecule has 1 nitrogen and oxygen atoms in total. The molecule has 1 heteroatoms. The summed E-state index contributed by atoms with van der Waals surface area (Å²) >= 11 is 0. The fourth-order valence-electron chi connectivity index (χ4n) is 4.61. The maximum atomic E-state index is 9.67. The Morgan fingerprint density at radius 1 is 1.31 bits per heavy atom. The molecule has 0 aliphatic heterocycles. The summed E-state index contributed by atoms with van der Waals surface area (Å²) in [5.41, 5.74) is 2.03.